The summed E-state index contributed by atoms with van der Waals surface area (Å²) in [5.41, 5.74) is 7.31. The summed E-state index contributed by atoms with van der Waals surface area (Å²) < 4.78 is 1.60. The second-order valence-electron chi connectivity index (χ2n) is 5.14. The molecule has 3 nitrogen and oxygen atoms in total. The molecule has 5 heteroatoms. The van der Waals surface area contributed by atoms with Gasteiger partial charge in [0.15, 0.2) is 0 Å². The molecule has 1 aliphatic heterocycles. The number of hydrazone groups is 1. The van der Waals surface area contributed by atoms with Crippen LogP contribution in [0.4, 0.5) is 0 Å². The summed E-state index contributed by atoms with van der Waals surface area (Å²) in [6.07, 6.45) is 0.750. The summed E-state index contributed by atoms with van der Waals surface area (Å²) in [6.45, 7) is 2.07. The first-order valence-electron chi connectivity index (χ1n) is 6.61. The molecule has 0 amide bonds. The molecule has 2 aromatic rings. The first-order valence-corrected chi connectivity index (χ1v) is 8.20. The number of phenolic OH excluding ortho intramolecular Hbond substituents is 1. The number of aryl methyl sites for hydroxylation is 1. The second-order valence-corrected chi connectivity index (χ2v) is 6.91. The van der Waals surface area contributed by atoms with E-state index in [1.807, 2.05) is 12.1 Å². The summed E-state index contributed by atoms with van der Waals surface area (Å²) in [5, 5.41) is 14.6. The minimum Gasteiger partial charge on any atom is -0.506 e. The van der Waals surface area contributed by atoms with Crippen molar-refractivity contribution < 1.29 is 5.11 Å². The SMILES string of the molecule is Cc1ccc(C2=NN[C@H](c3cc(Br)cc(Br)c3O)C2)cc1. The minimum absolute atomic E-state index is 0.0184. The van der Waals surface area contributed by atoms with E-state index in [-0.39, 0.29) is 11.8 Å². The highest BCUT2D eigenvalue weighted by molar-refractivity contribution is 9.11. The first-order chi connectivity index (χ1) is 10.0. The molecule has 0 saturated heterocycles. The fourth-order valence-corrected chi connectivity index (χ4v) is 3.66. The fourth-order valence-electron chi connectivity index (χ4n) is 2.40. The largest absolute Gasteiger partial charge is 0.506 e. The van der Waals surface area contributed by atoms with Gasteiger partial charge in [0.2, 0.25) is 0 Å². The maximum absolute atomic E-state index is 10.2. The van der Waals surface area contributed by atoms with Crippen LogP contribution in [0.1, 0.15) is 29.2 Å². The molecule has 0 unspecified atom stereocenters. The molecule has 0 aromatic heterocycles. The fraction of sp³-hybridized carbons (Fsp3) is 0.188. The van der Waals surface area contributed by atoms with E-state index in [9.17, 15) is 5.11 Å². The zero-order chi connectivity index (χ0) is 15.0. The van der Waals surface area contributed by atoms with Gasteiger partial charge in [-0.05, 0) is 40.5 Å². The van der Waals surface area contributed by atoms with Crippen LogP contribution in [0.25, 0.3) is 0 Å². The third-order valence-electron chi connectivity index (χ3n) is 3.57. The van der Waals surface area contributed by atoms with E-state index in [4.69, 9.17) is 0 Å². The normalized spacial score (nSPS) is 17.5. The highest BCUT2D eigenvalue weighted by atomic mass is 79.9. The predicted molar refractivity (Wildman–Crippen MR) is 91.7 cm³/mol. The van der Waals surface area contributed by atoms with Crippen LogP contribution in [0.5, 0.6) is 5.75 Å². The summed E-state index contributed by atoms with van der Waals surface area (Å²) in [7, 11) is 0. The van der Waals surface area contributed by atoms with Crippen LogP contribution in [0, 0.1) is 6.92 Å². The quantitative estimate of drug-likeness (QED) is 0.757. The van der Waals surface area contributed by atoms with Crippen LogP contribution >= 0.6 is 31.9 Å². The van der Waals surface area contributed by atoms with Gasteiger partial charge >= 0.3 is 0 Å². The minimum atomic E-state index is -0.0184. The van der Waals surface area contributed by atoms with E-state index in [0.717, 1.165) is 27.7 Å². The Balaban J connectivity index is 1.85. The van der Waals surface area contributed by atoms with E-state index in [2.05, 4.69) is 73.6 Å². The van der Waals surface area contributed by atoms with Gasteiger partial charge in [-0.3, -0.25) is 0 Å². The number of nitrogens with one attached hydrogen (secondary N) is 1. The maximum atomic E-state index is 10.2. The lowest BCUT2D eigenvalue weighted by atomic mass is 9.98. The summed E-state index contributed by atoms with van der Waals surface area (Å²) in [6, 6.07) is 12.1. The third kappa shape index (κ3) is 2.99. The van der Waals surface area contributed by atoms with Crippen molar-refractivity contribution in [2.45, 2.75) is 19.4 Å². The van der Waals surface area contributed by atoms with Crippen LogP contribution < -0.4 is 5.43 Å². The van der Waals surface area contributed by atoms with Crippen molar-refractivity contribution in [2.24, 2.45) is 5.10 Å². The van der Waals surface area contributed by atoms with Crippen molar-refractivity contribution in [2.75, 3.05) is 0 Å². The van der Waals surface area contributed by atoms with Crippen molar-refractivity contribution in [1.29, 1.82) is 0 Å². The average Bonchev–Trinajstić information content (AvgIpc) is 2.93. The van der Waals surface area contributed by atoms with Crippen molar-refractivity contribution >= 4 is 37.6 Å². The van der Waals surface area contributed by atoms with Crippen LogP contribution in [-0.2, 0) is 0 Å². The Kier molecular flexibility index (Phi) is 4.04. The Morgan fingerprint density at radius 2 is 1.90 bits per heavy atom. The smallest absolute Gasteiger partial charge is 0.135 e. The molecule has 2 aromatic carbocycles. The number of hydrogen-bond acceptors (Lipinski definition) is 3. The standard InChI is InChI=1S/C16H14Br2N2O/c1-9-2-4-10(5-3-9)14-8-15(20-19-14)12-6-11(17)7-13(18)16(12)21/h2-7,15,20-21H,8H2,1H3/t15-/m0/s1. The molecule has 0 radical (unpaired) electrons. The van der Waals surface area contributed by atoms with E-state index in [1.165, 1.54) is 5.56 Å². The van der Waals surface area contributed by atoms with Gasteiger partial charge in [-0.15, -0.1) is 0 Å². The third-order valence-corrected chi connectivity index (χ3v) is 4.63. The first kappa shape index (κ1) is 14.6. The average molecular weight is 410 g/mol. The molecule has 108 valence electrons. The zero-order valence-corrected chi connectivity index (χ0v) is 14.6. The molecule has 0 saturated carbocycles. The molecule has 2 N–H and O–H groups in total. The van der Waals surface area contributed by atoms with Crippen molar-refractivity contribution in [3.63, 3.8) is 0 Å². The molecule has 0 aliphatic carbocycles. The number of rotatable bonds is 2. The van der Waals surface area contributed by atoms with E-state index < -0.39 is 0 Å². The number of phenols is 1. The van der Waals surface area contributed by atoms with E-state index in [0.29, 0.717) is 4.47 Å². The van der Waals surface area contributed by atoms with Crippen LogP contribution in [0.2, 0.25) is 0 Å². The van der Waals surface area contributed by atoms with Crippen LogP contribution in [-0.4, -0.2) is 10.8 Å². The van der Waals surface area contributed by atoms with Gasteiger partial charge in [0, 0.05) is 16.5 Å². The Bertz CT molecular complexity index is 711. The monoisotopic (exact) mass is 408 g/mol. The van der Waals surface area contributed by atoms with Gasteiger partial charge in [-0.1, -0.05) is 45.8 Å². The second kappa shape index (κ2) is 5.81. The highest BCUT2D eigenvalue weighted by Gasteiger charge is 2.24. The van der Waals surface area contributed by atoms with Crippen molar-refractivity contribution in [3.8, 4) is 5.75 Å². The number of benzene rings is 2. The molecule has 0 bridgehead atoms. The lowest BCUT2D eigenvalue weighted by Gasteiger charge is -2.14. The van der Waals surface area contributed by atoms with Gasteiger partial charge in [0.1, 0.15) is 5.75 Å². The molecular formula is C16H14Br2N2O. The molecule has 1 atom stereocenters. The van der Waals surface area contributed by atoms with Gasteiger partial charge in [-0.25, -0.2) is 0 Å². The van der Waals surface area contributed by atoms with Crippen molar-refractivity contribution in [3.05, 3.63) is 62.0 Å². The molecule has 21 heavy (non-hydrogen) atoms. The highest BCUT2D eigenvalue weighted by Crippen LogP contribution is 2.38. The summed E-state index contributed by atoms with van der Waals surface area (Å²) >= 11 is 6.82. The van der Waals surface area contributed by atoms with Gasteiger partial charge in [0.05, 0.1) is 16.2 Å². The number of aromatic hydroxyl groups is 1. The molecule has 1 heterocycles. The Labute approximate surface area is 140 Å². The summed E-state index contributed by atoms with van der Waals surface area (Å²) in [4.78, 5) is 0. The number of halogens is 2. The van der Waals surface area contributed by atoms with Gasteiger partial charge in [-0.2, -0.15) is 5.10 Å². The Morgan fingerprint density at radius 1 is 1.19 bits per heavy atom. The topological polar surface area (TPSA) is 44.6 Å². The number of hydrogen-bond donors (Lipinski definition) is 2. The maximum Gasteiger partial charge on any atom is 0.135 e. The molecule has 0 spiro atoms. The van der Waals surface area contributed by atoms with E-state index in [1.54, 1.807) is 0 Å². The van der Waals surface area contributed by atoms with Gasteiger partial charge in [0.25, 0.3) is 0 Å². The lowest BCUT2D eigenvalue weighted by Crippen LogP contribution is -2.10. The Morgan fingerprint density at radius 3 is 2.62 bits per heavy atom. The van der Waals surface area contributed by atoms with Crippen LogP contribution in [0.15, 0.2) is 50.4 Å². The zero-order valence-electron chi connectivity index (χ0n) is 11.4. The van der Waals surface area contributed by atoms with Gasteiger partial charge < -0.3 is 10.5 Å². The molecule has 0 fully saturated rings. The number of nitrogens with zero attached hydrogens (tertiary/aromatic N) is 1. The predicted octanol–water partition coefficient (Wildman–Crippen LogP) is 4.66. The lowest BCUT2D eigenvalue weighted by molar-refractivity contribution is 0.452. The summed E-state index contributed by atoms with van der Waals surface area (Å²) in [5.74, 6) is 0.260. The van der Waals surface area contributed by atoms with Crippen molar-refractivity contribution in [1.82, 2.24) is 5.43 Å². The molecule has 3 rings (SSSR count). The van der Waals surface area contributed by atoms with Crippen LogP contribution in [0.3, 0.4) is 0 Å². The van der Waals surface area contributed by atoms with E-state index >= 15 is 0 Å². The Hall–Kier alpha value is -1.33. The molecule has 1 aliphatic rings. The molecular weight excluding hydrogens is 396 g/mol.